The van der Waals surface area contributed by atoms with Crippen LogP contribution in [0.5, 0.6) is 0 Å². The Morgan fingerprint density at radius 2 is 2.21 bits per heavy atom. The zero-order valence-corrected chi connectivity index (χ0v) is 9.20. The molecule has 4 heteroatoms. The van der Waals surface area contributed by atoms with Crippen molar-refractivity contribution < 1.29 is 9.90 Å². The van der Waals surface area contributed by atoms with Gasteiger partial charge in [-0.3, -0.25) is 4.79 Å². The lowest BCUT2D eigenvalue weighted by atomic mass is 10.1. The predicted octanol–water partition coefficient (Wildman–Crippen LogP) is 0.202. The van der Waals surface area contributed by atoms with Crippen LogP contribution in [0.15, 0.2) is 0 Å². The van der Waals surface area contributed by atoms with Gasteiger partial charge < -0.3 is 15.7 Å². The monoisotopic (exact) mass is 202 g/mol. The fourth-order valence-corrected chi connectivity index (χ4v) is 1.23. The van der Waals surface area contributed by atoms with Gasteiger partial charge in [-0.05, 0) is 25.8 Å². The molecule has 0 fully saturated rings. The van der Waals surface area contributed by atoms with Crippen molar-refractivity contribution in [2.24, 2.45) is 11.7 Å². The maximum absolute atomic E-state index is 11.6. The third kappa shape index (κ3) is 5.19. The van der Waals surface area contributed by atoms with Crippen molar-refractivity contribution in [3.05, 3.63) is 0 Å². The van der Waals surface area contributed by atoms with Gasteiger partial charge in [0.05, 0.1) is 0 Å². The lowest BCUT2D eigenvalue weighted by Crippen LogP contribution is -2.34. The number of amides is 1. The summed E-state index contributed by atoms with van der Waals surface area (Å²) in [6, 6.07) is 0. The first-order chi connectivity index (χ1) is 6.65. The van der Waals surface area contributed by atoms with E-state index in [1.807, 2.05) is 13.8 Å². The fourth-order valence-electron chi connectivity index (χ4n) is 1.23. The van der Waals surface area contributed by atoms with E-state index < -0.39 is 0 Å². The molecule has 1 unspecified atom stereocenters. The van der Waals surface area contributed by atoms with E-state index in [0.717, 1.165) is 0 Å². The van der Waals surface area contributed by atoms with Crippen molar-refractivity contribution in [3.63, 3.8) is 0 Å². The van der Waals surface area contributed by atoms with Gasteiger partial charge in [-0.1, -0.05) is 6.92 Å². The Labute approximate surface area is 86.1 Å². The molecule has 0 aliphatic carbocycles. The molecule has 0 heterocycles. The number of aliphatic hydroxyl groups is 1. The Morgan fingerprint density at radius 1 is 1.57 bits per heavy atom. The van der Waals surface area contributed by atoms with E-state index in [-0.39, 0.29) is 18.4 Å². The molecule has 0 aromatic rings. The summed E-state index contributed by atoms with van der Waals surface area (Å²) in [4.78, 5) is 13.4. The first-order valence-electron chi connectivity index (χ1n) is 5.24. The second-order valence-electron chi connectivity index (χ2n) is 3.60. The Balaban J connectivity index is 3.90. The minimum Gasteiger partial charge on any atom is -0.396 e. The van der Waals surface area contributed by atoms with Crippen LogP contribution in [0.2, 0.25) is 0 Å². The van der Waals surface area contributed by atoms with Gasteiger partial charge in [-0.15, -0.1) is 0 Å². The SMILES string of the molecule is CCN(CCCO)C(=O)CC(C)CN. The number of aliphatic hydroxyl groups excluding tert-OH is 1. The highest BCUT2D eigenvalue weighted by molar-refractivity contribution is 5.76. The molecule has 0 aromatic heterocycles. The van der Waals surface area contributed by atoms with E-state index in [1.165, 1.54) is 0 Å². The molecule has 1 amide bonds. The Hall–Kier alpha value is -0.610. The van der Waals surface area contributed by atoms with Crippen LogP contribution in [0.1, 0.15) is 26.7 Å². The number of nitrogens with zero attached hydrogens (tertiary/aromatic N) is 1. The van der Waals surface area contributed by atoms with E-state index in [4.69, 9.17) is 10.8 Å². The van der Waals surface area contributed by atoms with Crippen molar-refractivity contribution in [2.45, 2.75) is 26.7 Å². The molecule has 0 bridgehead atoms. The fraction of sp³-hybridized carbons (Fsp3) is 0.900. The molecular formula is C10H22N2O2. The smallest absolute Gasteiger partial charge is 0.222 e. The van der Waals surface area contributed by atoms with Crippen molar-refractivity contribution in [3.8, 4) is 0 Å². The van der Waals surface area contributed by atoms with Crippen molar-refractivity contribution in [1.82, 2.24) is 4.90 Å². The van der Waals surface area contributed by atoms with Crippen molar-refractivity contribution >= 4 is 5.91 Å². The lowest BCUT2D eigenvalue weighted by Gasteiger charge is -2.21. The van der Waals surface area contributed by atoms with Crippen LogP contribution in [0.4, 0.5) is 0 Å². The van der Waals surface area contributed by atoms with Gasteiger partial charge in [-0.2, -0.15) is 0 Å². The third-order valence-electron chi connectivity index (χ3n) is 2.25. The highest BCUT2D eigenvalue weighted by Gasteiger charge is 2.13. The standard InChI is InChI=1S/C10H22N2O2/c1-3-12(5-4-6-13)10(14)7-9(2)8-11/h9,13H,3-8,11H2,1-2H3. The summed E-state index contributed by atoms with van der Waals surface area (Å²) in [5, 5.41) is 8.66. The summed E-state index contributed by atoms with van der Waals surface area (Å²) < 4.78 is 0. The van der Waals surface area contributed by atoms with Crippen LogP contribution in [0.25, 0.3) is 0 Å². The largest absolute Gasteiger partial charge is 0.396 e. The van der Waals surface area contributed by atoms with Gasteiger partial charge in [0.25, 0.3) is 0 Å². The van der Waals surface area contributed by atoms with Gasteiger partial charge in [0.1, 0.15) is 0 Å². The average molecular weight is 202 g/mol. The van der Waals surface area contributed by atoms with Crippen LogP contribution >= 0.6 is 0 Å². The van der Waals surface area contributed by atoms with E-state index in [2.05, 4.69) is 0 Å². The van der Waals surface area contributed by atoms with Crippen LogP contribution in [0, 0.1) is 5.92 Å². The zero-order chi connectivity index (χ0) is 11.0. The summed E-state index contributed by atoms with van der Waals surface area (Å²) in [5.74, 6) is 0.379. The number of nitrogens with two attached hydrogens (primary N) is 1. The third-order valence-corrected chi connectivity index (χ3v) is 2.25. The molecule has 14 heavy (non-hydrogen) atoms. The first-order valence-corrected chi connectivity index (χ1v) is 5.24. The topological polar surface area (TPSA) is 66.6 Å². The molecule has 0 saturated carbocycles. The first kappa shape index (κ1) is 13.4. The number of carbonyl (C=O) groups excluding carboxylic acids is 1. The minimum atomic E-state index is 0.135. The minimum absolute atomic E-state index is 0.135. The predicted molar refractivity (Wildman–Crippen MR) is 56.8 cm³/mol. The molecule has 0 radical (unpaired) electrons. The second kappa shape index (κ2) is 7.76. The molecule has 0 spiro atoms. The van der Waals surface area contributed by atoms with Crippen LogP contribution in [0.3, 0.4) is 0 Å². The van der Waals surface area contributed by atoms with E-state index in [0.29, 0.717) is 32.5 Å². The average Bonchev–Trinajstić information content (AvgIpc) is 2.18. The van der Waals surface area contributed by atoms with Crippen molar-refractivity contribution in [1.29, 1.82) is 0 Å². The highest BCUT2D eigenvalue weighted by atomic mass is 16.3. The molecular weight excluding hydrogens is 180 g/mol. The number of hydrogen-bond acceptors (Lipinski definition) is 3. The number of hydrogen-bond donors (Lipinski definition) is 2. The zero-order valence-electron chi connectivity index (χ0n) is 9.20. The maximum Gasteiger partial charge on any atom is 0.222 e. The van der Waals surface area contributed by atoms with Gasteiger partial charge in [0, 0.05) is 26.1 Å². The summed E-state index contributed by atoms with van der Waals surface area (Å²) >= 11 is 0. The molecule has 4 nitrogen and oxygen atoms in total. The summed E-state index contributed by atoms with van der Waals surface area (Å²) in [6.45, 7) is 5.94. The molecule has 0 aromatic carbocycles. The molecule has 0 saturated heterocycles. The van der Waals surface area contributed by atoms with E-state index in [9.17, 15) is 4.79 Å². The maximum atomic E-state index is 11.6. The van der Waals surface area contributed by atoms with Gasteiger partial charge in [0.15, 0.2) is 0 Å². The Morgan fingerprint density at radius 3 is 2.64 bits per heavy atom. The van der Waals surface area contributed by atoms with E-state index >= 15 is 0 Å². The van der Waals surface area contributed by atoms with E-state index in [1.54, 1.807) is 4.90 Å². The van der Waals surface area contributed by atoms with Crippen LogP contribution in [-0.2, 0) is 4.79 Å². The Kier molecular flexibility index (Phi) is 7.42. The van der Waals surface area contributed by atoms with Crippen LogP contribution < -0.4 is 5.73 Å². The second-order valence-corrected chi connectivity index (χ2v) is 3.60. The summed E-state index contributed by atoms with van der Waals surface area (Å²) in [5.41, 5.74) is 5.45. The lowest BCUT2D eigenvalue weighted by molar-refractivity contribution is -0.132. The molecule has 0 aliphatic rings. The van der Waals surface area contributed by atoms with Gasteiger partial charge in [0.2, 0.25) is 5.91 Å². The summed E-state index contributed by atoms with van der Waals surface area (Å²) in [7, 11) is 0. The molecule has 0 rings (SSSR count). The molecule has 0 aliphatic heterocycles. The molecule has 84 valence electrons. The molecule has 1 atom stereocenters. The highest BCUT2D eigenvalue weighted by Crippen LogP contribution is 2.04. The number of carbonyl (C=O) groups is 1. The van der Waals surface area contributed by atoms with Crippen molar-refractivity contribution in [2.75, 3.05) is 26.2 Å². The van der Waals surface area contributed by atoms with Crippen LogP contribution in [-0.4, -0.2) is 42.2 Å². The quantitative estimate of drug-likeness (QED) is 0.620. The Bertz CT molecular complexity index is 162. The number of rotatable bonds is 7. The van der Waals surface area contributed by atoms with Gasteiger partial charge in [-0.25, -0.2) is 0 Å². The van der Waals surface area contributed by atoms with Gasteiger partial charge >= 0.3 is 0 Å². The normalized spacial score (nSPS) is 12.6. The summed E-state index contributed by atoms with van der Waals surface area (Å²) in [6.07, 6.45) is 1.16. The molecule has 3 N–H and O–H groups in total.